The third-order valence-corrected chi connectivity index (χ3v) is 6.38. The van der Waals surface area contributed by atoms with E-state index < -0.39 is 27.4 Å². The number of carbonyl (C=O) groups is 1. The second kappa shape index (κ2) is 6.57. The van der Waals surface area contributed by atoms with Crippen molar-refractivity contribution in [1.82, 2.24) is 0 Å². The SMILES string of the molecule is N#Cc1cc([N+](=O)[O-])ccc1NC(=O)CN1c2cccc3cccc(c23)S1(=O)=O. The zero-order chi connectivity index (χ0) is 20.8. The van der Waals surface area contributed by atoms with Crippen LogP contribution >= 0.6 is 0 Å². The molecule has 0 saturated carbocycles. The minimum Gasteiger partial charge on any atom is -0.323 e. The first kappa shape index (κ1) is 18.4. The summed E-state index contributed by atoms with van der Waals surface area (Å²) in [4.78, 5) is 22.9. The Labute approximate surface area is 165 Å². The first-order valence-electron chi connectivity index (χ1n) is 8.36. The van der Waals surface area contributed by atoms with Crippen LogP contribution in [0.5, 0.6) is 0 Å². The number of nitrogens with one attached hydrogen (secondary N) is 1. The van der Waals surface area contributed by atoms with Crippen LogP contribution in [-0.2, 0) is 14.8 Å². The molecular formula is C19H12N4O5S. The summed E-state index contributed by atoms with van der Waals surface area (Å²) in [6.45, 7) is -0.502. The highest BCUT2D eigenvalue weighted by atomic mass is 32.2. The molecule has 144 valence electrons. The van der Waals surface area contributed by atoms with E-state index in [1.165, 1.54) is 12.1 Å². The van der Waals surface area contributed by atoms with Gasteiger partial charge in [-0.2, -0.15) is 5.26 Å². The van der Waals surface area contributed by atoms with Gasteiger partial charge in [-0.1, -0.05) is 24.3 Å². The molecule has 9 nitrogen and oxygen atoms in total. The molecule has 1 N–H and O–H groups in total. The van der Waals surface area contributed by atoms with Gasteiger partial charge in [-0.15, -0.1) is 0 Å². The van der Waals surface area contributed by atoms with Crippen LogP contribution < -0.4 is 9.62 Å². The van der Waals surface area contributed by atoms with Crippen LogP contribution in [0.25, 0.3) is 10.8 Å². The molecule has 0 spiro atoms. The van der Waals surface area contributed by atoms with E-state index in [0.29, 0.717) is 11.1 Å². The van der Waals surface area contributed by atoms with Crippen molar-refractivity contribution in [2.24, 2.45) is 0 Å². The second-order valence-electron chi connectivity index (χ2n) is 6.29. The average molecular weight is 408 g/mol. The summed E-state index contributed by atoms with van der Waals surface area (Å²) >= 11 is 0. The van der Waals surface area contributed by atoms with Crippen LogP contribution in [0.1, 0.15) is 5.56 Å². The molecule has 4 rings (SSSR count). The van der Waals surface area contributed by atoms with Gasteiger partial charge in [0.05, 0.1) is 26.8 Å². The lowest BCUT2D eigenvalue weighted by Crippen LogP contribution is -2.35. The molecule has 1 amide bonds. The Hall–Kier alpha value is -3.97. The highest BCUT2D eigenvalue weighted by molar-refractivity contribution is 7.93. The van der Waals surface area contributed by atoms with Crippen LogP contribution in [0.15, 0.2) is 59.5 Å². The molecule has 0 aliphatic carbocycles. The van der Waals surface area contributed by atoms with Crippen LogP contribution in [0, 0.1) is 21.4 Å². The van der Waals surface area contributed by atoms with Crippen LogP contribution in [0.2, 0.25) is 0 Å². The summed E-state index contributed by atoms with van der Waals surface area (Å²) in [6.07, 6.45) is 0. The largest absolute Gasteiger partial charge is 0.323 e. The molecule has 1 heterocycles. The fourth-order valence-corrected chi connectivity index (χ4v) is 4.96. The monoisotopic (exact) mass is 408 g/mol. The Bertz CT molecular complexity index is 1340. The standard InChI is InChI=1S/C19H12N4O5S/c20-10-13-9-14(23(25)26)7-8-15(13)21-18(24)11-22-16-5-1-3-12-4-2-6-17(19(12)16)29(22,27)28/h1-9H,11H2,(H,21,24). The van der Waals surface area contributed by atoms with Crippen LogP contribution in [-0.4, -0.2) is 25.8 Å². The zero-order valence-corrected chi connectivity index (χ0v) is 15.5. The van der Waals surface area contributed by atoms with Crippen molar-refractivity contribution < 1.29 is 18.1 Å². The molecule has 0 radical (unpaired) electrons. The van der Waals surface area contributed by atoms with E-state index >= 15 is 0 Å². The summed E-state index contributed by atoms with van der Waals surface area (Å²) in [5.41, 5.74) is 0.0823. The third kappa shape index (κ3) is 2.94. The van der Waals surface area contributed by atoms with Gasteiger partial charge in [0.25, 0.3) is 15.7 Å². The van der Waals surface area contributed by atoms with Gasteiger partial charge in [-0.3, -0.25) is 19.2 Å². The number of amides is 1. The maximum atomic E-state index is 12.9. The van der Waals surface area contributed by atoms with Gasteiger partial charge in [-0.05, 0) is 23.6 Å². The van der Waals surface area contributed by atoms with E-state index in [-0.39, 0.29) is 21.8 Å². The molecule has 3 aromatic rings. The summed E-state index contributed by atoms with van der Waals surface area (Å²) < 4.78 is 26.8. The van der Waals surface area contributed by atoms with Crippen LogP contribution in [0.3, 0.4) is 0 Å². The molecule has 0 saturated heterocycles. The van der Waals surface area contributed by atoms with Gasteiger partial charge in [0.2, 0.25) is 5.91 Å². The number of nitriles is 1. The average Bonchev–Trinajstić information content (AvgIpc) is 2.91. The molecular weight excluding hydrogens is 396 g/mol. The highest BCUT2D eigenvalue weighted by Crippen LogP contribution is 2.41. The number of sulfonamides is 1. The molecule has 0 unspecified atom stereocenters. The van der Waals surface area contributed by atoms with E-state index in [9.17, 15) is 28.6 Å². The van der Waals surface area contributed by atoms with Crippen molar-refractivity contribution in [2.75, 3.05) is 16.2 Å². The molecule has 3 aromatic carbocycles. The maximum absolute atomic E-state index is 12.9. The van der Waals surface area contributed by atoms with E-state index in [2.05, 4.69) is 5.32 Å². The second-order valence-corrected chi connectivity index (χ2v) is 8.12. The first-order valence-corrected chi connectivity index (χ1v) is 9.80. The van der Waals surface area contributed by atoms with Crippen molar-refractivity contribution in [2.45, 2.75) is 4.90 Å². The molecule has 0 bridgehead atoms. The van der Waals surface area contributed by atoms with E-state index in [1.54, 1.807) is 36.4 Å². The fourth-order valence-electron chi connectivity index (χ4n) is 3.30. The Morgan fingerprint density at radius 1 is 1.17 bits per heavy atom. The lowest BCUT2D eigenvalue weighted by Gasteiger charge is -2.18. The van der Waals surface area contributed by atoms with Crippen molar-refractivity contribution in [1.29, 1.82) is 5.26 Å². The summed E-state index contributed by atoms with van der Waals surface area (Å²) in [5, 5.41) is 23.8. The van der Waals surface area contributed by atoms with Gasteiger partial charge in [-0.25, -0.2) is 8.42 Å². The van der Waals surface area contributed by atoms with Gasteiger partial charge >= 0.3 is 0 Å². The molecule has 0 atom stereocenters. The number of hydrogen-bond donors (Lipinski definition) is 1. The smallest absolute Gasteiger partial charge is 0.270 e. The third-order valence-electron chi connectivity index (χ3n) is 4.58. The normalized spacial score (nSPS) is 13.8. The highest BCUT2D eigenvalue weighted by Gasteiger charge is 2.36. The van der Waals surface area contributed by atoms with E-state index in [1.807, 2.05) is 0 Å². The molecule has 0 fully saturated rings. The number of rotatable bonds is 4. The lowest BCUT2D eigenvalue weighted by molar-refractivity contribution is -0.384. The molecule has 0 aromatic heterocycles. The van der Waals surface area contributed by atoms with Gasteiger partial charge < -0.3 is 5.32 Å². The quantitative estimate of drug-likeness (QED) is 0.521. The number of anilines is 2. The zero-order valence-electron chi connectivity index (χ0n) is 14.7. The fraction of sp³-hybridized carbons (Fsp3) is 0.0526. The van der Waals surface area contributed by atoms with Crippen molar-refractivity contribution in [3.8, 4) is 6.07 Å². The number of hydrogen-bond acceptors (Lipinski definition) is 6. The number of carbonyl (C=O) groups excluding carboxylic acids is 1. The number of nitrogens with zero attached hydrogens (tertiary/aromatic N) is 3. The summed E-state index contributed by atoms with van der Waals surface area (Å²) in [7, 11) is -3.90. The Morgan fingerprint density at radius 3 is 2.59 bits per heavy atom. The Kier molecular flexibility index (Phi) is 4.17. The van der Waals surface area contributed by atoms with Crippen molar-refractivity contribution in [3.05, 3.63) is 70.3 Å². The maximum Gasteiger partial charge on any atom is 0.270 e. The minimum atomic E-state index is -3.90. The van der Waals surface area contributed by atoms with Gasteiger partial charge in [0.1, 0.15) is 12.6 Å². The lowest BCUT2D eigenvalue weighted by atomic mass is 10.1. The minimum absolute atomic E-state index is 0.0652. The van der Waals surface area contributed by atoms with Crippen molar-refractivity contribution >= 4 is 43.8 Å². The topological polar surface area (TPSA) is 133 Å². The van der Waals surface area contributed by atoms with Crippen LogP contribution in [0.4, 0.5) is 17.1 Å². The molecule has 1 aliphatic rings. The Morgan fingerprint density at radius 2 is 1.90 bits per heavy atom. The Balaban J connectivity index is 1.64. The predicted molar refractivity (Wildman–Crippen MR) is 105 cm³/mol. The van der Waals surface area contributed by atoms with Crippen molar-refractivity contribution in [3.63, 3.8) is 0 Å². The van der Waals surface area contributed by atoms with E-state index in [4.69, 9.17) is 0 Å². The summed E-state index contributed by atoms with van der Waals surface area (Å²) in [6, 6.07) is 15.2. The van der Waals surface area contributed by atoms with E-state index in [0.717, 1.165) is 21.8 Å². The van der Waals surface area contributed by atoms with Gasteiger partial charge in [0.15, 0.2) is 0 Å². The predicted octanol–water partition coefficient (Wildman–Crippen LogP) is 2.77. The molecule has 1 aliphatic heterocycles. The van der Waals surface area contributed by atoms with Gasteiger partial charge in [0, 0.05) is 17.5 Å². The number of non-ortho nitro benzene ring substituents is 1. The molecule has 10 heteroatoms. The summed E-state index contributed by atoms with van der Waals surface area (Å²) in [5.74, 6) is -0.677. The number of benzene rings is 3. The number of nitro groups is 1. The first-order chi connectivity index (χ1) is 13.8. The number of nitro benzene ring substituents is 1. The molecule has 29 heavy (non-hydrogen) atoms.